The van der Waals surface area contributed by atoms with E-state index in [1.54, 1.807) is 72.8 Å². The number of piperazine rings is 1. The lowest BCUT2D eigenvalue weighted by atomic mass is 10.0. The van der Waals surface area contributed by atoms with E-state index >= 15 is 0 Å². The van der Waals surface area contributed by atoms with Gasteiger partial charge in [-0.15, -0.1) is 0 Å². The lowest BCUT2D eigenvalue weighted by molar-refractivity contribution is -0.129. The van der Waals surface area contributed by atoms with Gasteiger partial charge in [-0.1, -0.05) is 61.9 Å². The maximum absolute atomic E-state index is 14.1. The van der Waals surface area contributed by atoms with Crippen molar-refractivity contribution in [3.05, 3.63) is 95.1 Å². The van der Waals surface area contributed by atoms with E-state index in [-0.39, 0.29) is 42.8 Å². The monoisotopic (exact) mass is 787 g/mol. The molecular weight excluding hydrogens is 735 g/mol. The van der Waals surface area contributed by atoms with Crippen molar-refractivity contribution in [2.75, 3.05) is 55.7 Å². The van der Waals surface area contributed by atoms with Gasteiger partial charge in [0.2, 0.25) is 33.7 Å². The largest absolute Gasteiger partial charge is 0.384 e. The zero-order valence-electron chi connectivity index (χ0n) is 31.8. The molecule has 1 saturated heterocycles. The third-order valence-corrected chi connectivity index (χ3v) is 11.4. The number of fused-ring (bicyclic) bond motifs is 3. The number of nitrogens with zero attached hydrogens (tertiary/aromatic N) is 2. The summed E-state index contributed by atoms with van der Waals surface area (Å²) in [5, 5.41) is 19.2. The number of amidine groups is 1. The fourth-order valence-electron chi connectivity index (χ4n) is 6.52. The number of amides is 4. The summed E-state index contributed by atoms with van der Waals surface area (Å²) in [5.41, 5.74) is 9.38. The first-order chi connectivity index (χ1) is 26.9. The van der Waals surface area contributed by atoms with Crippen molar-refractivity contribution in [3.8, 4) is 0 Å². The number of carbonyl (C=O) groups is 4. The van der Waals surface area contributed by atoms with Gasteiger partial charge in [0, 0.05) is 82.0 Å². The van der Waals surface area contributed by atoms with Crippen LogP contribution < -0.4 is 31.7 Å². The number of nitrogens with one attached hydrogen (secondary N) is 6. The molecule has 8 N–H and O–H groups in total. The van der Waals surface area contributed by atoms with Gasteiger partial charge in [-0.3, -0.25) is 24.6 Å². The van der Waals surface area contributed by atoms with Gasteiger partial charge in [0.05, 0.1) is 5.75 Å². The molecule has 300 valence electrons. The Hall–Kier alpha value is -5.16. The Bertz CT molecular complexity index is 1930. The third kappa shape index (κ3) is 13.3. The molecule has 6 bridgehead atoms. The van der Waals surface area contributed by atoms with E-state index in [2.05, 4.69) is 35.8 Å². The van der Waals surface area contributed by atoms with Crippen LogP contribution in [0.5, 0.6) is 0 Å². The Morgan fingerprint density at radius 1 is 0.786 bits per heavy atom. The minimum atomic E-state index is -3.87. The topological polar surface area (TPSA) is 219 Å². The van der Waals surface area contributed by atoms with E-state index in [9.17, 15) is 27.6 Å². The molecule has 16 heteroatoms. The molecule has 8 rings (SSSR count). The quantitative estimate of drug-likeness (QED) is 0.124. The van der Waals surface area contributed by atoms with E-state index in [0.29, 0.717) is 66.8 Å². The highest BCUT2D eigenvalue weighted by Gasteiger charge is 2.29. The molecule has 2 atom stereocenters. The first-order valence-corrected chi connectivity index (χ1v) is 20.7. The summed E-state index contributed by atoms with van der Waals surface area (Å²) in [7, 11) is -3.87. The van der Waals surface area contributed by atoms with E-state index < -0.39 is 33.9 Å². The summed E-state index contributed by atoms with van der Waals surface area (Å²) in [6.07, 6.45) is 1.74. The molecule has 15 nitrogen and oxygen atoms in total. The minimum absolute atomic E-state index is 0.0113. The highest BCUT2D eigenvalue weighted by Crippen LogP contribution is 2.16. The minimum Gasteiger partial charge on any atom is -0.384 e. The average Bonchev–Trinajstić information content (AvgIpc) is 3.18. The Kier molecular flexibility index (Phi) is 15.1. The number of sulfonamides is 1. The van der Waals surface area contributed by atoms with E-state index in [4.69, 9.17) is 11.1 Å². The molecule has 0 unspecified atom stereocenters. The molecule has 3 aromatic rings. The molecule has 4 amide bonds. The number of nitrogen functional groups attached to an aromatic ring is 1. The second-order valence-corrected chi connectivity index (χ2v) is 16.2. The second-order valence-electron chi connectivity index (χ2n) is 14.3. The molecule has 56 heavy (non-hydrogen) atoms. The van der Waals surface area contributed by atoms with Crippen LogP contribution >= 0.6 is 0 Å². The third-order valence-electron chi connectivity index (χ3n) is 9.90. The van der Waals surface area contributed by atoms with Crippen LogP contribution in [0.15, 0.2) is 72.8 Å². The van der Waals surface area contributed by atoms with Gasteiger partial charge in [0.25, 0.3) is 0 Å². The van der Waals surface area contributed by atoms with Crippen molar-refractivity contribution in [3.63, 3.8) is 0 Å². The van der Waals surface area contributed by atoms with Crippen molar-refractivity contribution in [2.24, 2.45) is 5.73 Å². The van der Waals surface area contributed by atoms with Crippen LogP contribution in [0, 0.1) is 5.41 Å². The molecule has 5 heterocycles. The number of benzene rings is 3. The summed E-state index contributed by atoms with van der Waals surface area (Å²) in [4.78, 5) is 58.0. The summed E-state index contributed by atoms with van der Waals surface area (Å²) < 4.78 is 28.8. The summed E-state index contributed by atoms with van der Waals surface area (Å²) >= 11 is 0. The van der Waals surface area contributed by atoms with Gasteiger partial charge >= 0.3 is 0 Å². The van der Waals surface area contributed by atoms with Crippen molar-refractivity contribution < 1.29 is 27.6 Å². The van der Waals surface area contributed by atoms with Crippen molar-refractivity contribution in [1.29, 1.82) is 5.41 Å². The van der Waals surface area contributed by atoms with Crippen LogP contribution in [0.25, 0.3) is 0 Å². The highest BCUT2D eigenvalue weighted by atomic mass is 32.2. The fraction of sp³-hybridized carbons (Fsp3) is 0.425. The number of hydrogen-bond acceptors (Lipinski definition) is 9. The van der Waals surface area contributed by atoms with Crippen LogP contribution in [0.4, 0.5) is 11.4 Å². The van der Waals surface area contributed by atoms with Crippen LogP contribution in [0.3, 0.4) is 0 Å². The first kappa shape index (κ1) is 42.0. The molecule has 3 aromatic carbocycles. The first-order valence-electron chi connectivity index (χ1n) is 19.1. The SMILES string of the molecule is CCCCS(=O)(=O)N[C@@H]1Cc2ccc(cc2)NC(=O)CCN2CCN(CCC(=O)Nc3ccc(cc3)C[C@@H](C(=O)NCc3ccc(C(=N)N)cc3)NC1=O)CC2. The Morgan fingerprint density at radius 2 is 1.30 bits per heavy atom. The molecule has 0 saturated carbocycles. The maximum Gasteiger partial charge on any atom is 0.243 e. The second kappa shape index (κ2) is 20.1. The van der Waals surface area contributed by atoms with Crippen molar-refractivity contribution in [2.45, 2.75) is 64.1 Å². The van der Waals surface area contributed by atoms with Crippen LogP contribution in [0.1, 0.15) is 54.9 Å². The molecule has 5 aliphatic heterocycles. The number of rotatable bonds is 9. The predicted molar refractivity (Wildman–Crippen MR) is 217 cm³/mol. The molecule has 5 aliphatic rings. The fourth-order valence-corrected chi connectivity index (χ4v) is 7.93. The number of hydrogen-bond donors (Lipinski definition) is 7. The highest BCUT2D eigenvalue weighted by molar-refractivity contribution is 7.89. The predicted octanol–water partition coefficient (Wildman–Crippen LogP) is 1.93. The number of nitrogens with two attached hydrogens (primary N) is 1. The van der Waals surface area contributed by atoms with Gasteiger partial charge in [-0.05, 0) is 53.8 Å². The zero-order chi connectivity index (χ0) is 40.1. The molecular formula is C40H53N9O6S. The molecule has 0 spiro atoms. The normalized spacial score (nSPS) is 21.5. The standard InChI is InChI=1S/C40H53N9O6S/c1-2-3-24-56(54,55)47-35-26-29-8-14-33(15-9-29)45-37(51)17-19-49-22-20-48(21-23-49)18-16-36(50)44-32-12-6-28(7-13-32)25-34(46-40(35)53)39(52)43-27-30-4-10-31(11-5-30)38(41)42/h4-15,34-35,47H,2-3,16-27H2,1H3,(H3,41,42)(H,43,52)(H,44,50)(H,45,51)(H,46,53)/t34-,35+/m0/s1. The van der Waals surface area contributed by atoms with E-state index in [1.165, 1.54) is 0 Å². The zero-order valence-corrected chi connectivity index (χ0v) is 32.6. The van der Waals surface area contributed by atoms with Crippen molar-refractivity contribution >= 4 is 50.9 Å². The molecule has 0 aromatic heterocycles. The lowest BCUT2D eigenvalue weighted by Crippen LogP contribution is -2.55. The number of unbranched alkanes of at least 4 members (excludes halogenated alkanes) is 1. The van der Waals surface area contributed by atoms with E-state index in [0.717, 1.165) is 31.7 Å². The van der Waals surface area contributed by atoms with Gasteiger partial charge < -0.3 is 36.8 Å². The number of carbonyl (C=O) groups excluding carboxylic acids is 4. The van der Waals surface area contributed by atoms with Crippen molar-refractivity contribution in [1.82, 2.24) is 25.2 Å². The molecule has 1 fully saturated rings. The van der Waals surface area contributed by atoms with Gasteiger partial charge in [-0.2, -0.15) is 0 Å². The Morgan fingerprint density at radius 3 is 1.80 bits per heavy atom. The van der Waals surface area contributed by atoms with Gasteiger partial charge in [-0.25, -0.2) is 13.1 Å². The van der Waals surface area contributed by atoms with Crippen LogP contribution in [-0.4, -0.2) is 105 Å². The van der Waals surface area contributed by atoms with Gasteiger partial charge in [0.15, 0.2) is 0 Å². The smallest absolute Gasteiger partial charge is 0.243 e. The lowest BCUT2D eigenvalue weighted by Gasteiger charge is -2.34. The maximum atomic E-state index is 14.1. The van der Waals surface area contributed by atoms with Gasteiger partial charge in [0.1, 0.15) is 17.9 Å². The summed E-state index contributed by atoms with van der Waals surface area (Å²) in [6, 6.07) is 18.4. The summed E-state index contributed by atoms with van der Waals surface area (Å²) in [6.45, 7) is 6.43. The average molecular weight is 788 g/mol. The molecule has 0 radical (unpaired) electrons. The molecule has 0 aliphatic carbocycles. The Balaban J connectivity index is 1.40. The van der Waals surface area contributed by atoms with E-state index in [1.807, 2.05) is 6.92 Å². The summed E-state index contributed by atoms with van der Waals surface area (Å²) in [5.74, 6) is -1.68. The number of anilines is 2. The Labute approximate surface area is 328 Å². The van der Waals surface area contributed by atoms with Crippen LogP contribution in [-0.2, 0) is 48.6 Å². The van der Waals surface area contributed by atoms with Crippen LogP contribution in [0.2, 0.25) is 0 Å².